The van der Waals surface area contributed by atoms with Gasteiger partial charge in [0.05, 0.1) is 23.6 Å². The lowest BCUT2D eigenvalue weighted by molar-refractivity contribution is -0.138. The number of hydrogen-bond acceptors (Lipinski definition) is 4. The first-order valence-corrected chi connectivity index (χ1v) is 13.2. The molecule has 4 rings (SSSR count). The Labute approximate surface area is 226 Å². The minimum Gasteiger partial charge on any atom is -0.368 e. The van der Waals surface area contributed by atoms with Crippen LogP contribution in [0.5, 0.6) is 0 Å². The van der Waals surface area contributed by atoms with Gasteiger partial charge >= 0.3 is 6.18 Å². The van der Waals surface area contributed by atoms with Crippen LogP contribution in [0.25, 0.3) is 11.0 Å². The zero-order chi connectivity index (χ0) is 28.0. The molecule has 0 radical (unpaired) electrons. The van der Waals surface area contributed by atoms with Gasteiger partial charge in [0, 0.05) is 38.6 Å². The third-order valence-electron chi connectivity index (χ3n) is 7.10. The summed E-state index contributed by atoms with van der Waals surface area (Å²) in [6, 6.07) is 16.8. The Kier molecular flexibility index (Phi) is 8.93. The largest absolute Gasteiger partial charge is 0.389 e. The molecule has 2 atom stereocenters. The zero-order valence-electron chi connectivity index (χ0n) is 22.0. The quantitative estimate of drug-likeness (QED) is 0.352. The molecule has 2 N–H and O–H groups in total. The van der Waals surface area contributed by atoms with E-state index in [4.69, 9.17) is 0 Å². The van der Waals surface area contributed by atoms with E-state index >= 15 is 0 Å². The van der Waals surface area contributed by atoms with Gasteiger partial charge in [-0.25, -0.2) is 4.98 Å². The van der Waals surface area contributed by atoms with Crippen LogP contribution >= 0.6 is 0 Å². The summed E-state index contributed by atoms with van der Waals surface area (Å²) < 4.78 is 39.6. The predicted molar refractivity (Wildman–Crippen MR) is 143 cm³/mol. The molecule has 208 valence electrons. The van der Waals surface area contributed by atoms with E-state index in [1.807, 2.05) is 54.1 Å². The molecule has 0 unspecified atom stereocenters. The highest BCUT2D eigenvalue weighted by atomic mass is 19.4. The monoisotopic (exact) mass is 541 g/mol. The van der Waals surface area contributed by atoms with Gasteiger partial charge in [0.1, 0.15) is 11.9 Å². The topological polar surface area (TPSA) is 79.3 Å². The van der Waals surface area contributed by atoms with Gasteiger partial charge in [0.15, 0.2) is 0 Å². The number of carbonyl (C=O) groups excluding carboxylic acids is 2. The first-order valence-electron chi connectivity index (χ1n) is 13.2. The Hall–Kier alpha value is -3.82. The summed E-state index contributed by atoms with van der Waals surface area (Å²) in [5.41, 5.74) is 3.56. The number of likely N-dealkylation sites (tertiary alicyclic amines) is 1. The fraction of sp³-hybridized carbons (Fsp3) is 0.414. The van der Waals surface area contributed by atoms with E-state index in [-0.39, 0.29) is 31.8 Å². The molecule has 0 bridgehead atoms. The Bertz CT molecular complexity index is 1310. The number of amides is 2. The SMILES string of the molecule is C=C(C[C@H](NC(=O)CCCC(F)(F)F)C(=O)NCc1nc2ccccc2n1C)N1CCC[C@@H]1c1ccccc1. The fourth-order valence-electron chi connectivity index (χ4n) is 5.09. The number of nitrogens with one attached hydrogen (secondary N) is 2. The molecule has 2 amide bonds. The Balaban J connectivity index is 1.45. The lowest BCUT2D eigenvalue weighted by Crippen LogP contribution is -2.47. The molecule has 2 aromatic carbocycles. The number of carbonyl (C=O) groups is 2. The van der Waals surface area contributed by atoms with Gasteiger partial charge in [-0.15, -0.1) is 0 Å². The molecular weight excluding hydrogens is 507 g/mol. The maximum Gasteiger partial charge on any atom is 0.389 e. The number of rotatable bonds is 11. The minimum absolute atomic E-state index is 0.116. The van der Waals surface area contributed by atoms with Crippen molar-refractivity contribution in [2.75, 3.05) is 6.54 Å². The smallest absolute Gasteiger partial charge is 0.368 e. The van der Waals surface area contributed by atoms with Crippen LogP contribution < -0.4 is 10.6 Å². The van der Waals surface area contributed by atoms with E-state index in [2.05, 4.69) is 39.2 Å². The summed E-state index contributed by atoms with van der Waals surface area (Å²) in [6.45, 7) is 5.13. The number of nitrogens with zero attached hydrogens (tertiary/aromatic N) is 3. The van der Waals surface area contributed by atoms with Crippen LogP contribution in [0.15, 0.2) is 66.9 Å². The third kappa shape index (κ3) is 7.40. The van der Waals surface area contributed by atoms with Crippen molar-refractivity contribution in [3.8, 4) is 0 Å². The molecule has 2 heterocycles. The summed E-state index contributed by atoms with van der Waals surface area (Å²) in [5.74, 6) is -0.402. The van der Waals surface area contributed by atoms with E-state index in [0.29, 0.717) is 11.5 Å². The molecule has 39 heavy (non-hydrogen) atoms. The maximum absolute atomic E-state index is 13.3. The molecule has 1 aliphatic heterocycles. The second-order valence-electron chi connectivity index (χ2n) is 9.91. The number of alkyl halides is 3. The van der Waals surface area contributed by atoms with Crippen molar-refractivity contribution in [3.63, 3.8) is 0 Å². The van der Waals surface area contributed by atoms with Crippen molar-refractivity contribution in [2.24, 2.45) is 7.05 Å². The second-order valence-corrected chi connectivity index (χ2v) is 9.91. The molecular formula is C29H34F3N5O2. The van der Waals surface area contributed by atoms with Gasteiger partial charge in [0.25, 0.3) is 0 Å². The van der Waals surface area contributed by atoms with E-state index in [1.54, 1.807) is 0 Å². The zero-order valence-corrected chi connectivity index (χ0v) is 22.0. The molecule has 0 saturated carbocycles. The van der Waals surface area contributed by atoms with Gasteiger partial charge in [-0.05, 0) is 37.0 Å². The number of benzene rings is 2. The Morgan fingerprint density at radius 2 is 1.85 bits per heavy atom. The minimum atomic E-state index is -4.33. The van der Waals surface area contributed by atoms with Crippen LogP contribution in [-0.4, -0.2) is 45.0 Å². The van der Waals surface area contributed by atoms with E-state index in [9.17, 15) is 22.8 Å². The van der Waals surface area contributed by atoms with Crippen LogP contribution in [0.4, 0.5) is 13.2 Å². The number of fused-ring (bicyclic) bond motifs is 1. The summed E-state index contributed by atoms with van der Waals surface area (Å²) in [6.07, 6.45) is -4.00. The Morgan fingerprint density at radius 1 is 1.13 bits per heavy atom. The van der Waals surface area contributed by atoms with Crippen molar-refractivity contribution in [3.05, 3.63) is 78.3 Å². The van der Waals surface area contributed by atoms with Crippen LogP contribution in [0, 0.1) is 0 Å². The maximum atomic E-state index is 13.3. The molecule has 3 aromatic rings. The van der Waals surface area contributed by atoms with Crippen molar-refractivity contribution in [2.45, 2.75) is 63.3 Å². The number of aryl methyl sites for hydroxylation is 1. The standard InChI is InChI=1S/C29H34F3N5O2/c1-20(37-17-9-14-24(37)21-10-4-3-5-11-21)18-23(35-27(38)15-8-16-29(30,31)32)28(39)33-19-26-34-22-12-6-7-13-25(22)36(26)2/h3-7,10-13,23-24H,1,8-9,14-19H2,2H3,(H,33,39)(H,35,38)/t23-,24+/m0/s1. The molecule has 1 fully saturated rings. The highest BCUT2D eigenvalue weighted by Gasteiger charge is 2.31. The van der Waals surface area contributed by atoms with E-state index in [1.165, 1.54) is 0 Å². The second kappa shape index (κ2) is 12.4. The number of halogens is 3. The molecule has 0 aliphatic carbocycles. The van der Waals surface area contributed by atoms with Crippen molar-refractivity contribution < 1.29 is 22.8 Å². The first-order chi connectivity index (χ1) is 18.6. The summed E-state index contributed by atoms with van der Waals surface area (Å²) in [4.78, 5) is 32.6. The Morgan fingerprint density at radius 3 is 2.56 bits per heavy atom. The number of para-hydroxylation sites is 2. The van der Waals surface area contributed by atoms with Gasteiger partial charge in [-0.1, -0.05) is 49.0 Å². The predicted octanol–water partition coefficient (Wildman–Crippen LogP) is 5.15. The lowest BCUT2D eigenvalue weighted by atomic mass is 10.0. The lowest BCUT2D eigenvalue weighted by Gasteiger charge is -2.31. The highest BCUT2D eigenvalue weighted by molar-refractivity contribution is 5.88. The average molecular weight is 542 g/mol. The fourth-order valence-corrected chi connectivity index (χ4v) is 5.09. The number of imidazole rings is 1. The normalized spacial score (nSPS) is 16.3. The van der Waals surface area contributed by atoms with Crippen molar-refractivity contribution >= 4 is 22.8 Å². The van der Waals surface area contributed by atoms with Crippen molar-refractivity contribution in [1.29, 1.82) is 0 Å². The van der Waals surface area contributed by atoms with Crippen LogP contribution in [0.2, 0.25) is 0 Å². The molecule has 0 spiro atoms. The molecule has 1 aliphatic rings. The van der Waals surface area contributed by atoms with Gasteiger partial charge in [0.2, 0.25) is 11.8 Å². The first kappa shape index (κ1) is 28.2. The molecule has 10 heteroatoms. The van der Waals surface area contributed by atoms with Crippen LogP contribution in [0.1, 0.15) is 56.0 Å². The van der Waals surface area contributed by atoms with Crippen molar-refractivity contribution in [1.82, 2.24) is 25.1 Å². The molecule has 7 nitrogen and oxygen atoms in total. The van der Waals surface area contributed by atoms with Gasteiger partial charge in [-0.2, -0.15) is 13.2 Å². The third-order valence-corrected chi connectivity index (χ3v) is 7.10. The summed E-state index contributed by atoms with van der Waals surface area (Å²) >= 11 is 0. The van der Waals surface area contributed by atoms with E-state index in [0.717, 1.165) is 36.0 Å². The molecule has 1 saturated heterocycles. The average Bonchev–Trinajstić information content (AvgIpc) is 3.52. The van der Waals surface area contributed by atoms with Gasteiger partial charge < -0.3 is 20.1 Å². The van der Waals surface area contributed by atoms with E-state index < -0.39 is 30.5 Å². The highest BCUT2D eigenvalue weighted by Crippen LogP contribution is 2.35. The number of aromatic nitrogens is 2. The molecule has 1 aromatic heterocycles. The number of hydrogen-bond donors (Lipinski definition) is 2. The summed E-state index contributed by atoms with van der Waals surface area (Å²) in [5, 5.41) is 5.51. The van der Waals surface area contributed by atoms with Gasteiger partial charge in [-0.3, -0.25) is 9.59 Å². The van der Waals surface area contributed by atoms with Crippen LogP contribution in [0.3, 0.4) is 0 Å². The summed E-state index contributed by atoms with van der Waals surface area (Å²) in [7, 11) is 1.86. The van der Waals surface area contributed by atoms with Crippen LogP contribution in [-0.2, 0) is 23.2 Å².